The lowest BCUT2D eigenvalue weighted by molar-refractivity contribution is 0.553. The molecule has 0 aliphatic rings. The largest absolute Gasteiger partial charge is 0.315 e. The molecular formula is C14H23Cl2NS. The molecular weight excluding hydrogens is 285 g/mol. The Morgan fingerprint density at radius 3 is 2.44 bits per heavy atom. The maximum atomic E-state index is 6.25. The first kappa shape index (κ1) is 18.1. The van der Waals surface area contributed by atoms with E-state index in [2.05, 4.69) is 43.4 Å². The van der Waals surface area contributed by atoms with Gasteiger partial charge in [-0.2, -0.15) is 11.8 Å². The number of benzene rings is 1. The van der Waals surface area contributed by atoms with Gasteiger partial charge in [0.25, 0.3) is 0 Å². The normalized spacial score (nSPS) is 12.2. The fourth-order valence-corrected chi connectivity index (χ4v) is 2.76. The van der Waals surface area contributed by atoms with Crippen molar-refractivity contribution in [1.29, 1.82) is 0 Å². The lowest BCUT2D eigenvalue weighted by Gasteiger charge is -2.12. The van der Waals surface area contributed by atoms with E-state index in [1.54, 1.807) is 0 Å². The van der Waals surface area contributed by atoms with Gasteiger partial charge >= 0.3 is 0 Å². The third-order valence-electron chi connectivity index (χ3n) is 2.33. The van der Waals surface area contributed by atoms with E-state index in [1.807, 2.05) is 17.8 Å². The Labute approximate surface area is 126 Å². The third kappa shape index (κ3) is 9.09. The smallest absolute Gasteiger partial charge is 0.0551 e. The molecule has 0 radical (unpaired) electrons. The Morgan fingerprint density at radius 1 is 1.17 bits per heavy atom. The van der Waals surface area contributed by atoms with Gasteiger partial charge in [0.05, 0.1) is 5.38 Å². The maximum Gasteiger partial charge on any atom is 0.0551 e. The predicted octanol–water partition coefficient (Wildman–Crippen LogP) is 4.19. The minimum absolute atomic E-state index is 0. The van der Waals surface area contributed by atoms with Crippen LogP contribution in [0, 0.1) is 5.92 Å². The van der Waals surface area contributed by atoms with Crippen LogP contribution in [-0.2, 0) is 5.75 Å². The van der Waals surface area contributed by atoms with Crippen molar-refractivity contribution in [3.8, 4) is 0 Å². The molecule has 0 aromatic heterocycles. The fourth-order valence-electron chi connectivity index (χ4n) is 1.47. The summed E-state index contributed by atoms with van der Waals surface area (Å²) in [5.41, 5.74) is 1.37. The van der Waals surface area contributed by atoms with E-state index in [4.69, 9.17) is 11.6 Å². The topological polar surface area (TPSA) is 12.0 Å². The highest BCUT2D eigenvalue weighted by atomic mass is 35.5. The highest BCUT2D eigenvalue weighted by molar-refractivity contribution is 7.98. The lowest BCUT2D eigenvalue weighted by Crippen LogP contribution is -2.28. The summed E-state index contributed by atoms with van der Waals surface area (Å²) in [7, 11) is 0. The number of alkyl halides is 1. The standard InChI is InChI=1S/C14H22ClNS.ClH/c1-12(2)8-16-9-14(15)11-17-10-13-6-4-3-5-7-13;/h3-7,12,14,16H,8-11H2,1-2H3;1H. The number of hydrogen-bond donors (Lipinski definition) is 1. The number of hydrogen-bond acceptors (Lipinski definition) is 2. The van der Waals surface area contributed by atoms with Gasteiger partial charge in [-0.3, -0.25) is 0 Å². The molecule has 1 unspecified atom stereocenters. The minimum Gasteiger partial charge on any atom is -0.315 e. The van der Waals surface area contributed by atoms with E-state index in [1.165, 1.54) is 5.56 Å². The van der Waals surface area contributed by atoms with E-state index in [9.17, 15) is 0 Å². The molecule has 1 atom stereocenters. The Morgan fingerprint density at radius 2 is 1.83 bits per heavy atom. The van der Waals surface area contributed by atoms with Crippen LogP contribution < -0.4 is 5.32 Å². The van der Waals surface area contributed by atoms with Crippen molar-refractivity contribution in [2.45, 2.75) is 25.0 Å². The van der Waals surface area contributed by atoms with Crippen molar-refractivity contribution < 1.29 is 0 Å². The quantitative estimate of drug-likeness (QED) is 0.723. The molecule has 1 nitrogen and oxygen atoms in total. The molecule has 0 fully saturated rings. The SMILES string of the molecule is CC(C)CNCC(Cl)CSCc1ccccc1.Cl. The maximum absolute atomic E-state index is 6.25. The van der Waals surface area contributed by atoms with Crippen molar-refractivity contribution in [1.82, 2.24) is 5.32 Å². The van der Waals surface area contributed by atoms with Crippen LogP contribution in [0.3, 0.4) is 0 Å². The van der Waals surface area contributed by atoms with Crippen LogP contribution in [0.2, 0.25) is 0 Å². The van der Waals surface area contributed by atoms with Gasteiger partial charge in [0, 0.05) is 18.1 Å². The average Bonchev–Trinajstić information content (AvgIpc) is 2.30. The first-order valence-electron chi connectivity index (χ1n) is 6.15. The molecule has 104 valence electrons. The summed E-state index contributed by atoms with van der Waals surface area (Å²) in [6.45, 7) is 6.37. The van der Waals surface area contributed by atoms with Gasteiger partial charge < -0.3 is 5.32 Å². The zero-order valence-corrected chi connectivity index (χ0v) is 13.5. The highest BCUT2D eigenvalue weighted by Crippen LogP contribution is 2.14. The summed E-state index contributed by atoms with van der Waals surface area (Å²) in [5.74, 6) is 2.74. The van der Waals surface area contributed by atoms with Crippen LogP contribution in [0.15, 0.2) is 30.3 Å². The molecule has 4 heteroatoms. The van der Waals surface area contributed by atoms with Crippen molar-refractivity contribution in [3.05, 3.63) is 35.9 Å². The van der Waals surface area contributed by atoms with Gasteiger partial charge in [0.1, 0.15) is 0 Å². The van der Waals surface area contributed by atoms with Gasteiger partial charge in [0.2, 0.25) is 0 Å². The second-order valence-electron chi connectivity index (χ2n) is 4.65. The highest BCUT2D eigenvalue weighted by Gasteiger charge is 2.04. The zero-order valence-electron chi connectivity index (χ0n) is 11.1. The summed E-state index contributed by atoms with van der Waals surface area (Å²) < 4.78 is 0. The van der Waals surface area contributed by atoms with Gasteiger partial charge in [-0.25, -0.2) is 0 Å². The summed E-state index contributed by atoms with van der Waals surface area (Å²) in [4.78, 5) is 0. The molecule has 1 rings (SSSR count). The number of halogens is 2. The molecule has 1 N–H and O–H groups in total. The van der Waals surface area contributed by atoms with Crippen LogP contribution in [0.4, 0.5) is 0 Å². The number of nitrogens with one attached hydrogen (secondary N) is 1. The van der Waals surface area contributed by atoms with Gasteiger partial charge in [-0.1, -0.05) is 44.2 Å². The van der Waals surface area contributed by atoms with Crippen LogP contribution >= 0.6 is 35.8 Å². The third-order valence-corrected chi connectivity index (χ3v) is 4.00. The molecule has 18 heavy (non-hydrogen) atoms. The van der Waals surface area contributed by atoms with Crippen LogP contribution in [0.5, 0.6) is 0 Å². The molecule has 0 amide bonds. The van der Waals surface area contributed by atoms with Gasteiger partial charge in [-0.15, -0.1) is 24.0 Å². The first-order chi connectivity index (χ1) is 8.18. The van der Waals surface area contributed by atoms with Gasteiger partial charge in [-0.05, 0) is 18.0 Å². The molecule has 0 aliphatic heterocycles. The van der Waals surface area contributed by atoms with Crippen LogP contribution in [0.25, 0.3) is 0 Å². The van der Waals surface area contributed by atoms with E-state index in [-0.39, 0.29) is 17.8 Å². The monoisotopic (exact) mass is 307 g/mol. The molecule has 0 saturated heterocycles. The van der Waals surface area contributed by atoms with E-state index in [0.717, 1.165) is 24.6 Å². The van der Waals surface area contributed by atoms with Crippen molar-refractivity contribution in [2.75, 3.05) is 18.8 Å². The number of rotatable bonds is 8. The van der Waals surface area contributed by atoms with Crippen LogP contribution in [-0.4, -0.2) is 24.2 Å². The molecule has 0 bridgehead atoms. The van der Waals surface area contributed by atoms with Crippen molar-refractivity contribution in [2.24, 2.45) is 5.92 Å². The molecule has 0 spiro atoms. The minimum atomic E-state index is 0. The van der Waals surface area contributed by atoms with Crippen LogP contribution in [0.1, 0.15) is 19.4 Å². The Bertz CT molecular complexity index is 293. The second-order valence-corrected chi connectivity index (χ2v) is 6.30. The fraction of sp³-hybridized carbons (Fsp3) is 0.571. The Kier molecular flexibility index (Phi) is 11.0. The summed E-state index contributed by atoms with van der Waals surface area (Å²) in [5, 5.41) is 3.61. The summed E-state index contributed by atoms with van der Waals surface area (Å²) >= 11 is 8.15. The molecule has 1 aromatic carbocycles. The lowest BCUT2D eigenvalue weighted by atomic mass is 10.2. The first-order valence-corrected chi connectivity index (χ1v) is 7.74. The van der Waals surface area contributed by atoms with E-state index in [0.29, 0.717) is 5.92 Å². The zero-order chi connectivity index (χ0) is 12.5. The Balaban J connectivity index is 0.00000289. The molecule has 0 saturated carbocycles. The summed E-state index contributed by atoms with van der Waals surface area (Å²) in [6, 6.07) is 10.5. The van der Waals surface area contributed by atoms with E-state index < -0.39 is 0 Å². The van der Waals surface area contributed by atoms with Crippen molar-refractivity contribution in [3.63, 3.8) is 0 Å². The van der Waals surface area contributed by atoms with E-state index >= 15 is 0 Å². The molecule has 0 aliphatic carbocycles. The number of thioether (sulfide) groups is 1. The molecule has 1 aromatic rings. The van der Waals surface area contributed by atoms with Crippen molar-refractivity contribution >= 4 is 35.8 Å². The predicted molar refractivity (Wildman–Crippen MR) is 87.2 cm³/mol. The van der Waals surface area contributed by atoms with Gasteiger partial charge in [0.15, 0.2) is 0 Å². The second kappa shape index (κ2) is 11.0. The average molecular weight is 308 g/mol. The molecule has 0 heterocycles. The Hall–Kier alpha value is 0.110. The summed E-state index contributed by atoms with van der Waals surface area (Å²) in [6.07, 6.45) is 0.